The van der Waals surface area contributed by atoms with Crippen molar-refractivity contribution in [1.29, 1.82) is 0 Å². The standard InChI is InChI=1S/C36H52N4O2/c1-26(2)36(40-34(42)39-31-17-11-6-12-18-31)24-23-27(3)25-35(36,28-13-7-4-8-14-28)29-19-21-32(22-20-29)38-33(41)37-30-15-9-5-10-16-30/h4,7-8,13-14,19-22,26-27,30-31H,5-6,9-12,15-18,23-25H2,1-3H3,(H2,37,38,41)(H2,39,40,42). The number of carbonyl (C=O) groups is 2. The number of benzene rings is 2. The first-order valence-electron chi connectivity index (χ1n) is 16.6. The second kappa shape index (κ2) is 13.5. The van der Waals surface area contributed by atoms with E-state index in [9.17, 15) is 9.59 Å². The lowest BCUT2D eigenvalue weighted by Gasteiger charge is -2.58. The smallest absolute Gasteiger partial charge is 0.319 e. The Morgan fingerprint density at radius 1 is 0.714 bits per heavy atom. The number of hydrogen-bond donors (Lipinski definition) is 4. The Balaban J connectivity index is 1.47. The molecule has 0 radical (unpaired) electrons. The predicted octanol–water partition coefficient (Wildman–Crippen LogP) is 8.27. The van der Waals surface area contributed by atoms with Gasteiger partial charge in [0.05, 0.1) is 5.54 Å². The lowest BCUT2D eigenvalue weighted by Crippen LogP contribution is -2.69. The highest BCUT2D eigenvalue weighted by molar-refractivity contribution is 5.89. The monoisotopic (exact) mass is 572 g/mol. The van der Waals surface area contributed by atoms with Gasteiger partial charge in [0.2, 0.25) is 0 Å². The molecule has 6 nitrogen and oxygen atoms in total. The Morgan fingerprint density at radius 3 is 1.83 bits per heavy atom. The van der Waals surface area contributed by atoms with Gasteiger partial charge in [-0.25, -0.2) is 9.59 Å². The number of nitrogens with one attached hydrogen (secondary N) is 4. The molecular formula is C36H52N4O2. The quantitative estimate of drug-likeness (QED) is 0.269. The summed E-state index contributed by atoms with van der Waals surface area (Å²) in [6.45, 7) is 6.87. The van der Waals surface area contributed by atoms with Crippen LogP contribution in [0, 0.1) is 11.8 Å². The number of amides is 4. The first kappa shape index (κ1) is 30.4. The molecule has 0 heterocycles. The van der Waals surface area contributed by atoms with Crippen molar-refractivity contribution in [3.05, 3.63) is 65.7 Å². The van der Waals surface area contributed by atoms with Gasteiger partial charge in [-0.2, -0.15) is 0 Å². The zero-order chi connectivity index (χ0) is 29.6. The molecule has 6 heteroatoms. The van der Waals surface area contributed by atoms with Gasteiger partial charge >= 0.3 is 12.1 Å². The summed E-state index contributed by atoms with van der Waals surface area (Å²) in [5.41, 5.74) is 2.31. The number of carbonyl (C=O) groups excluding carboxylic acids is 2. The van der Waals surface area contributed by atoms with Crippen molar-refractivity contribution >= 4 is 17.7 Å². The van der Waals surface area contributed by atoms with E-state index < -0.39 is 11.0 Å². The van der Waals surface area contributed by atoms with E-state index in [1.807, 2.05) is 12.1 Å². The summed E-state index contributed by atoms with van der Waals surface area (Å²) in [6, 6.07) is 19.6. The van der Waals surface area contributed by atoms with Gasteiger partial charge in [0.15, 0.2) is 0 Å². The minimum atomic E-state index is -0.479. The van der Waals surface area contributed by atoms with E-state index in [1.54, 1.807) is 0 Å². The molecule has 0 bridgehead atoms. The highest BCUT2D eigenvalue weighted by atomic mass is 16.2. The molecule has 4 amide bonds. The highest BCUT2D eigenvalue weighted by Gasteiger charge is 2.58. The maximum Gasteiger partial charge on any atom is 0.319 e. The van der Waals surface area contributed by atoms with Crippen molar-refractivity contribution in [1.82, 2.24) is 16.0 Å². The van der Waals surface area contributed by atoms with Gasteiger partial charge in [-0.05, 0) is 80.0 Å². The van der Waals surface area contributed by atoms with E-state index >= 15 is 0 Å². The van der Waals surface area contributed by atoms with E-state index in [-0.39, 0.29) is 30.1 Å². The fraction of sp³-hybridized carbons (Fsp3) is 0.611. The second-order valence-electron chi connectivity index (χ2n) is 13.7. The highest BCUT2D eigenvalue weighted by Crippen LogP contribution is 2.55. The van der Waals surface area contributed by atoms with Crippen molar-refractivity contribution in [3.8, 4) is 0 Å². The summed E-state index contributed by atoms with van der Waals surface area (Å²) in [6.07, 6.45) is 14.4. The van der Waals surface area contributed by atoms with Crippen LogP contribution in [0.25, 0.3) is 0 Å². The number of hydrogen-bond acceptors (Lipinski definition) is 2. The summed E-state index contributed by atoms with van der Waals surface area (Å²) in [4.78, 5) is 26.6. The van der Waals surface area contributed by atoms with Crippen LogP contribution in [0.1, 0.15) is 115 Å². The van der Waals surface area contributed by atoms with Gasteiger partial charge in [-0.1, -0.05) is 102 Å². The average Bonchev–Trinajstić information content (AvgIpc) is 3.00. The molecule has 5 rings (SSSR count). The van der Waals surface area contributed by atoms with E-state index in [2.05, 4.69) is 84.5 Å². The molecule has 2 aromatic rings. The average molecular weight is 573 g/mol. The van der Waals surface area contributed by atoms with Crippen LogP contribution >= 0.6 is 0 Å². The number of anilines is 1. The summed E-state index contributed by atoms with van der Waals surface area (Å²) in [5.74, 6) is 0.695. The molecule has 0 spiro atoms. The van der Waals surface area contributed by atoms with Crippen LogP contribution < -0.4 is 21.3 Å². The minimum Gasteiger partial charge on any atom is -0.335 e. The second-order valence-corrected chi connectivity index (χ2v) is 13.7. The Morgan fingerprint density at radius 2 is 1.26 bits per heavy atom. The molecule has 3 aliphatic rings. The third kappa shape index (κ3) is 6.48. The molecule has 0 aromatic heterocycles. The molecule has 228 valence electrons. The SMILES string of the molecule is CC1CCC(NC(=O)NC2CCCCC2)(C(C)C)C(c2ccccc2)(c2ccc(NC(=O)NC3CCCCC3)cc2)C1. The van der Waals surface area contributed by atoms with Crippen LogP contribution in [0.3, 0.4) is 0 Å². The Kier molecular flexibility index (Phi) is 9.80. The van der Waals surface area contributed by atoms with Crippen LogP contribution in [-0.2, 0) is 5.41 Å². The van der Waals surface area contributed by atoms with Crippen molar-refractivity contribution in [3.63, 3.8) is 0 Å². The van der Waals surface area contributed by atoms with Gasteiger partial charge in [-0.15, -0.1) is 0 Å². The van der Waals surface area contributed by atoms with Gasteiger partial charge in [-0.3, -0.25) is 0 Å². The molecule has 4 N–H and O–H groups in total. The number of urea groups is 2. The lowest BCUT2D eigenvalue weighted by atomic mass is 9.50. The molecule has 3 aliphatic carbocycles. The van der Waals surface area contributed by atoms with Gasteiger partial charge in [0.25, 0.3) is 0 Å². The molecule has 0 aliphatic heterocycles. The van der Waals surface area contributed by atoms with E-state index in [4.69, 9.17) is 0 Å². The largest absolute Gasteiger partial charge is 0.335 e. The molecule has 3 atom stereocenters. The molecule has 2 aromatic carbocycles. The molecule has 3 unspecified atom stereocenters. The summed E-state index contributed by atoms with van der Waals surface area (Å²) < 4.78 is 0. The van der Waals surface area contributed by atoms with Crippen molar-refractivity contribution in [2.75, 3.05) is 5.32 Å². The van der Waals surface area contributed by atoms with Crippen LogP contribution in [0.2, 0.25) is 0 Å². The third-order valence-electron chi connectivity index (χ3n) is 10.6. The van der Waals surface area contributed by atoms with Crippen molar-refractivity contribution in [2.45, 2.75) is 127 Å². The van der Waals surface area contributed by atoms with Gasteiger partial charge in [0.1, 0.15) is 0 Å². The fourth-order valence-electron chi connectivity index (χ4n) is 8.34. The zero-order valence-corrected chi connectivity index (χ0v) is 26.0. The Bertz CT molecular complexity index is 1170. The topological polar surface area (TPSA) is 82.3 Å². The molecule has 0 saturated heterocycles. The van der Waals surface area contributed by atoms with Gasteiger partial charge in [0, 0.05) is 23.2 Å². The van der Waals surface area contributed by atoms with Crippen molar-refractivity contribution in [2.24, 2.45) is 11.8 Å². The Labute approximate surface area is 253 Å². The first-order valence-corrected chi connectivity index (χ1v) is 16.6. The maximum atomic E-state index is 13.8. The summed E-state index contributed by atoms with van der Waals surface area (Å²) in [5, 5.41) is 13.2. The summed E-state index contributed by atoms with van der Waals surface area (Å²) >= 11 is 0. The van der Waals surface area contributed by atoms with Gasteiger partial charge < -0.3 is 21.3 Å². The normalized spacial score (nSPS) is 27.3. The zero-order valence-electron chi connectivity index (χ0n) is 26.0. The van der Waals surface area contributed by atoms with Crippen LogP contribution in [-0.4, -0.2) is 29.7 Å². The molecule has 3 saturated carbocycles. The van der Waals surface area contributed by atoms with E-state index in [1.165, 1.54) is 49.7 Å². The number of rotatable bonds is 7. The Hall–Kier alpha value is -3.02. The summed E-state index contributed by atoms with van der Waals surface area (Å²) in [7, 11) is 0. The fourth-order valence-corrected chi connectivity index (χ4v) is 8.34. The maximum absolute atomic E-state index is 13.8. The van der Waals surface area contributed by atoms with Crippen LogP contribution in [0.4, 0.5) is 15.3 Å². The van der Waals surface area contributed by atoms with Crippen LogP contribution in [0.15, 0.2) is 54.6 Å². The van der Waals surface area contributed by atoms with E-state index in [0.29, 0.717) is 5.92 Å². The minimum absolute atomic E-state index is 0.0388. The van der Waals surface area contributed by atoms with E-state index in [0.717, 1.165) is 50.6 Å². The predicted molar refractivity (Wildman–Crippen MR) is 172 cm³/mol. The van der Waals surface area contributed by atoms with Crippen LogP contribution in [0.5, 0.6) is 0 Å². The lowest BCUT2D eigenvalue weighted by molar-refractivity contribution is 0.0669. The first-order chi connectivity index (χ1) is 20.3. The molecule has 3 fully saturated rings. The molecule has 42 heavy (non-hydrogen) atoms. The van der Waals surface area contributed by atoms with Crippen molar-refractivity contribution < 1.29 is 9.59 Å². The third-order valence-corrected chi connectivity index (χ3v) is 10.6. The molecular weight excluding hydrogens is 520 g/mol.